The predicted octanol–water partition coefficient (Wildman–Crippen LogP) is 9.89. The van der Waals surface area contributed by atoms with E-state index >= 15 is 0 Å². The highest BCUT2D eigenvalue weighted by atomic mass is 35.5. The van der Waals surface area contributed by atoms with Crippen molar-refractivity contribution in [2.24, 2.45) is 32.9 Å². The van der Waals surface area contributed by atoms with Crippen LogP contribution in [0.2, 0.25) is 20.2 Å². The number of benzene rings is 6. The van der Waals surface area contributed by atoms with E-state index in [2.05, 4.69) is 40.9 Å². The fourth-order valence-corrected chi connectivity index (χ4v) is 8.68. The summed E-state index contributed by atoms with van der Waals surface area (Å²) in [6.07, 6.45) is 2.62. The van der Waals surface area contributed by atoms with Crippen molar-refractivity contribution in [3.63, 3.8) is 0 Å². The first-order valence-corrected chi connectivity index (χ1v) is 24.9. The van der Waals surface area contributed by atoms with E-state index in [9.17, 15) is 24.6 Å². The molecular weight excluding hydrogens is 1060 g/mol. The summed E-state index contributed by atoms with van der Waals surface area (Å²) in [5.74, 6) is -0.657. The maximum absolute atomic E-state index is 12.7. The van der Waals surface area contributed by atoms with Gasteiger partial charge in [0.15, 0.2) is 29.8 Å². The number of nitrogens with one attached hydrogen (secondary N) is 3. The summed E-state index contributed by atoms with van der Waals surface area (Å²) in [5.41, 5.74) is 25.6. The molecule has 3 aromatic heterocycles. The van der Waals surface area contributed by atoms with Crippen LogP contribution < -0.4 is 38.9 Å². The summed E-state index contributed by atoms with van der Waals surface area (Å²) in [6.45, 7) is 3.87. The number of hydrogen-bond acceptors (Lipinski definition) is 10. The number of aliphatic hydroxyl groups excluding tert-OH is 1. The lowest BCUT2D eigenvalue weighted by Crippen LogP contribution is -2.36. The topological polar surface area (TPSA) is 295 Å². The maximum Gasteiger partial charge on any atom is 0.251 e. The Morgan fingerprint density at radius 2 is 0.792 bits per heavy atom. The van der Waals surface area contributed by atoms with Crippen LogP contribution in [0.1, 0.15) is 79.7 Å². The standard InChI is InChI=1S/C19H18ClN5O3.C19H18ClN5O.C18H14Cl2N2O/c20-14-9-23-16(25-19(21)22)13-8-11(6-7-12(13)14)17(26)24-15(18(27)28)10-4-2-1-3-5-10;1-11(12-5-3-2-4-6-12)24-18(26)13-7-8-14-15(9-13)17(25-19(21)22)23-10-16(14)20;1-11(12-5-3-2-4-6-12)22-18(23)13-7-8-14-15(9-13)17(20)21-10-16(14)19/h1-9,15,18,27-28H,(H,24,26)(H4,21,22,23,25);2-11H,1H3,(H,24,26)(H4,21,22,23,25);2-11H,1H3,(H,22,23)/t15-;2*11-/m100/s1. The first-order valence-electron chi connectivity index (χ1n) is 23.4. The summed E-state index contributed by atoms with van der Waals surface area (Å²) >= 11 is 24.6. The molecule has 392 valence electrons. The van der Waals surface area contributed by atoms with E-state index in [4.69, 9.17) is 69.3 Å². The van der Waals surface area contributed by atoms with E-state index in [0.29, 0.717) is 69.7 Å². The number of carbonyl (C=O) groups is 3. The van der Waals surface area contributed by atoms with E-state index in [0.717, 1.165) is 16.5 Å². The van der Waals surface area contributed by atoms with Gasteiger partial charge >= 0.3 is 0 Å². The first-order chi connectivity index (χ1) is 36.9. The summed E-state index contributed by atoms with van der Waals surface area (Å²) in [7, 11) is 0. The zero-order valence-electron chi connectivity index (χ0n) is 41.1. The second kappa shape index (κ2) is 25.9. The molecule has 6 aromatic carbocycles. The molecule has 0 spiro atoms. The van der Waals surface area contributed by atoms with Crippen molar-refractivity contribution in [3.05, 3.63) is 218 Å². The Bertz CT molecular complexity index is 3640. The number of nitrogens with zero attached hydrogens (tertiary/aromatic N) is 5. The lowest BCUT2D eigenvalue weighted by atomic mass is 10.0. The highest BCUT2D eigenvalue weighted by Crippen LogP contribution is 2.33. The Kier molecular flexibility index (Phi) is 18.9. The third-order valence-electron chi connectivity index (χ3n) is 11.7. The van der Waals surface area contributed by atoms with Crippen molar-refractivity contribution >= 4 is 120 Å². The fourth-order valence-electron chi connectivity index (χ4n) is 7.84. The second-order valence-electron chi connectivity index (χ2n) is 17.1. The van der Waals surface area contributed by atoms with Crippen LogP contribution in [0.4, 0.5) is 11.6 Å². The average molecular weight is 1110 g/mol. The number of hydrogen-bond donors (Lipinski definition) is 9. The molecule has 0 aliphatic carbocycles. The number of amides is 3. The smallest absolute Gasteiger partial charge is 0.251 e. The van der Waals surface area contributed by atoms with Gasteiger partial charge in [-0.05, 0) is 66.9 Å². The molecule has 9 aromatic rings. The first kappa shape index (κ1) is 56.3. The van der Waals surface area contributed by atoms with Gasteiger partial charge in [0.2, 0.25) is 0 Å². The molecule has 17 nitrogen and oxygen atoms in total. The number of aliphatic hydroxyl groups is 2. The van der Waals surface area contributed by atoms with Gasteiger partial charge in [-0.3, -0.25) is 14.4 Å². The van der Waals surface area contributed by atoms with E-state index in [1.165, 1.54) is 24.7 Å². The molecule has 0 aliphatic heterocycles. The molecule has 3 heterocycles. The minimum atomic E-state index is -1.78. The third kappa shape index (κ3) is 14.5. The van der Waals surface area contributed by atoms with Gasteiger partial charge < -0.3 is 49.1 Å². The molecule has 0 aliphatic rings. The molecule has 0 saturated carbocycles. The molecule has 0 bridgehead atoms. The monoisotopic (exact) mass is 1110 g/mol. The van der Waals surface area contributed by atoms with Gasteiger partial charge in [0.05, 0.1) is 27.2 Å². The molecule has 0 unspecified atom stereocenters. The number of rotatable bonds is 12. The molecule has 0 radical (unpaired) electrons. The highest BCUT2D eigenvalue weighted by molar-refractivity contribution is 6.39. The van der Waals surface area contributed by atoms with Crippen LogP contribution in [0.15, 0.2) is 174 Å². The molecule has 3 amide bonds. The van der Waals surface area contributed by atoms with Gasteiger partial charge in [-0.2, -0.15) is 9.98 Å². The minimum absolute atomic E-state index is 0.0904. The van der Waals surface area contributed by atoms with Gasteiger partial charge in [-0.15, -0.1) is 0 Å². The SMILES string of the molecule is C[C@H](NC(=O)c1ccc2c(Cl)cnc(Cl)c2c1)c1ccccc1.C[C@H](NC(=O)c1ccc2c(Cl)cnc(N=C(N)N)c2c1)c1ccccc1.NC(N)=Nc1ncc(Cl)c2ccc(C(=O)N[C@H](c3ccccc3)C(O)O)cc12. The molecule has 3 atom stereocenters. The molecule has 21 heteroatoms. The van der Waals surface area contributed by atoms with Crippen LogP contribution in [0.5, 0.6) is 0 Å². The van der Waals surface area contributed by atoms with E-state index in [-0.39, 0.29) is 47.2 Å². The zero-order chi connectivity index (χ0) is 55.3. The van der Waals surface area contributed by atoms with Crippen molar-refractivity contribution in [2.75, 3.05) is 0 Å². The lowest BCUT2D eigenvalue weighted by molar-refractivity contribution is -0.0661. The van der Waals surface area contributed by atoms with Gasteiger partial charge in [0, 0.05) is 67.6 Å². The summed E-state index contributed by atoms with van der Waals surface area (Å²) in [5, 5.41) is 33.5. The number of fused-ring (bicyclic) bond motifs is 3. The number of carbonyl (C=O) groups excluding carboxylic acids is 3. The molecule has 9 rings (SSSR count). The number of guanidine groups is 2. The van der Waals surface area contributed by atoms with Crippen molar-refractivity contribution in [1.82, 2.24) is 30.9 Å². The van der Waals surface area contributed by atoms with E-state index in [1.807, 2.05) is 74.5 Å². The zero-order valence-corrected chi connectivity index (χ0v) is 44.1. The molecule has 77 heavy (non-hydrogen) atoms. The summed E-state index contributed by atoms with van der Waals surface area (Å²) < 4.78 is 0. The van der Waals surface area contributed by atoms with E-state index in [1.54, 1.807) is 78.9 Å². The van der Waals surface area contributed by atoms with Crippen molar-refractivity contribution < 1.29 is 24.6 Å². The minimum Gasteiger partial charge on any atom is -0.370 e. The van der Waals surface area contributed by atoms with Crippen LogP contribution in [0.3, 0.4) is 0 Å². The van der Waals surface area contributed by atoms with Crippen LogP contribution in [0, 0.1) is 0 Å². The van der Waals surface area contributed by atoms with Crippen molar-refractivity contribution in [2.45, 2.75) is 38.3 Å². The average Bonchev–Trinajstić information content (AvgIpc) is 3.43. The normalized spacial score (nSPS) is 12.0. The lowest BCUT2D eigenvalue weighted by Gasteiger charge is -2.21. The van der Waals surface area contributed by atoms with Gasteiger partial charge in [0.1, 0.15) is 11.2 Å². The number of pyridine rings is 3. The van der Waals surface area contributed by atoms with Crippen LogP contribution in [-0.2, 0) is 0 Å². The molecular formula is C56H50Cl4N12O5. The quantitative estimate of drug-likeness (QED) is 0.0239. The van der Waals surface area contributed by atoms with Gasteiger partial charge in [-0.25, -0.2) is 15.0 Å². The largest absolute Gasteiger partial charge is 0.370 e. The van der Waals surface area contributed by atoms with Crippen LogP contribution in [-0.4, -0.2) is 61.1 Å². The summed E-state index contributed by atoms with van der Waals surface area (Å²) in [6, 6.07) is 42.1. The Labute approximate surface area is 462 Å². The summed E-state index contributed by atoms with van der Waals surface area (Å²) in [4.78, 5) is 58.0. The predicted molar refractivity (Wildman–Crippen MR) is 306 cm³/mol. The van der Waals surface area contributed by atoms with Crippen molar-refractivity contribution in [1.29, 1.82) is 0 Å². The maximum atomic E-state index is 12.7. The van der Waals surface area contributed by atoms with Crippen LogP contribution in [0.25, 0.3) is 32.3 Å². The Morgan fingerprint density at radius 3 is 1.17 bits per heavy atom. The fraction of sp³-hybridized carbons (Fsp3) is 0.107. The van der Waals surface area contributed by atoms with Gasteiger partial charge in [-0.1, -0.05) is 156 Å². The number of nitrogens with two attached hydrogens (primary N) is 4. The highest BCUT2D eigenvalue weighted by Gasteiger charge is 2.23. The Hall–Kier alpha value is -8.42. The number of halogens is 4. The number of aromatic nitrogens is 3. The van der Waals surface area contributed by atoms with Crippen molar-refractivity contribution in [3.8, 4) is 0 Å². The number of aliphatic imine (C=N–C) groups is 2. The van der Waals surface area contributed by atoms with Gasteiger partial charge in [0.25, 0.3) is 17.7 Å². The molecule has 0 fully saturated rings. The van der Waals surface area contributed by atoms with Crippen LogP contribution >= 0.6 is 46.4 Å². The van der Waals surface area contributed by atoms with E-state index < -0.39 is 18.2 Å². The molecule has 0 saturated heterocycles. The molecule has 13 N–H and O–H groups in total. The Balaban J connectivity index is 0.000000169. The second-order valence-corrected chi connectivity index (χ2v) is 18.7. The third-order valence-corrected chi connectivity index (χ3v) is 12.9. The Morgan fingerprint density at radius 1 is 0.455 bits per heavy atom.